The van der Waals surface area contributed by atoms with E-state index in [0.717, 1.165) is 43.8 Å². The minimum Gasteiger partial charge on any atom is -0.310 e. The minimum absolute atomic E-state index is 0.481. The van der Waals surface area contributed by atoms with Crippen LogP contribution in [0.3, 0.4) is 0 Å². The molecule has 0 saturated heterocycles. The number of benzene rings is 7. The molecule has 0 spiro atoms. The van der Waals surface area contributed by atoms with Crippen molar-refractivity contribution in [3.63, 3.8) is 0 Å². The molecule has 0 radical (unpaired) electrons. The molecular weight excluding hydrogens is 625 g/mol. The molecule has 5 heteroatoms. The molecule has 50 heavy (non-hydrogen) atoms. The highest BCUT2D eigenvalue weighted by molar-refractivity contribution is 7.20. The van der Waals surface area contributed by atoms with Gasteiger partial charge in [0.25, 0.3) is 0 Å². The lowest BCUT2D eigenvalue weighted by atomic mass is 10.0. The van der Waals surface area contributed by atoms with Gasteiger partial charge in [0, 0.05) is 16.5 Å². The summed E-state index contributed by atoms with van der Waals surface area (Å²) >= 11 is 0. The van der Waals surface area contributed by atoms with Gasteiger partial charge in [0.1, 0.15) is 0 Å². The molecular formula is C45H28N4Si. The summed E-state index contributed by atoms with van der Waals surface area (Å²) in [6.07, 6.45) is 0. The highest BCUT2D eigenvalue weighted by atomic mass is 28.3. The average molecular weight is 653 g/mol. The SMILES string of the molecule is [C-]#[N+]c1cc(-c2c([N+]#[C-])cccc2[Si](c2ccccc2)(c2ccccc2)c2ccccc2)cc(-n2c3ccccc3c3cc(C#N)ccc32)c1. The number of nitriles is 1. The van der Waals surface area contributed by atoms with Gasteiger partial charge in [-0.05, 0) is 74.3 Å². The monoisotopic (exact) mass is 652 g/mol. The van der Waals surface area contributed by atoms with E-state index in [1.807, 2.05) is 72.8 Å². The lowest BCUT2D eigenvalue weighted by Gasteiger charge is -2.36. The van der Waals surface area contributed by atoms with E-state index in [1.165, 1.54) is 15.6 Å². The van der Waals surface area contributed by atoms with Crippen LogP contribution in [0.25, 0.3) is 48.3 Å². The Morgan fingerprint density at radius 2 is 1.14 bits per heavy atom. The Hall–Kier alpha value is -6.97. The predicted octanol–water partition coefficient (Wildman–Crippen LogP) is 8.80. The van der Waals surface area contributed by atoms with Crippen molar-refractivity contribution in [3.05, 3.63) is 198 Å². The van der Waals surface area contributed by atoms with Crippen molar-refractivity contribution in [3.8, 4) is 22.9 Å². The molecule has 0 bridgehead atoms. The molecule has 0 N–H and O–H groups in total. The number of hydrogen-bond acceptors (Lipinski definition) is 1. The van der Waals surface area contributed by atoms with Gasteiger partial charge >= 0.3 is 0 Å². The van der Waals surface area contributed by atoms with Crippen LogP contribution >= 0.6 is 0 Å². The molecule has 232 valence electrons. The van der Waals surface area contributed by atoms with Crippen LogP contribution in [0.1, 0.15) is 5.56 Å². The summed E-state index contributed by atoms with van der Waals surface area (Å²) in [5, 5.41) is 16.4. The number of nitrogens with zero attached hydrogens (tertiary/aromatic N) is 4. The van der Waals surface area contributed by atoms with Gasteiger partial charge in [-0.1, -0.05) is 127 Å². The molecule has 1 heterocycles. The standard InChI is InChI=1S/C45H28N4Si/c1-47-34-28-33(29-35(30-34)49-42-23-13-12-21-39(42)40-27-32(31-46)25-26-43(40)49)45-41(48-2)22-14-24-44(45)50(36-15-6-3-7-16-36,37-17-8-4-9-18-37)38-19-10-5-11-20-38/h3-30H. The third-order valence-electron chi connectivity index (χ3n) is 9.57. The smallest absolute Gasteiger partial charge is 0.194 e. The van der Waals surface area contributed by atoms with E-state index in [9.17, 15) is 5.26 Å². The number of hydrogen-bond donors (Lipinski definition) is 0. The van der Waals surface area contributed by atoms with Crippen molar-refractivity contribution >= 4 is 62.0 Å². The van der Waals surface area contributed by atoms with Gasteiger partial charge in [0.05, 0.1) is 35.8 Å². The molecule has 8 rings (SSSR count). The Kier molecular flexibility index (Phi) is 7.63. The van der Waals surface area contributed by atoms with Crippen molar-refractivity contribution in [2.24, 2.45) is 0 Å². The third-order valence-corrected chi connectivity index (χ3v) is 14.4. The fourth-order valence-corrected chi connectivity index (χ4v) is 12.5. The van der Waals surface area contributed by atoms with Crippen molar-refractivity contribution < 1.29 is 0 Å². The second-order valence-electron chi connectivity index (χ2n) is 12.2. The Bertz CT molecular complexity index is 2580. The molecule has 0 atom stereocenters. The van der Waals surface area contributed by atoms with Crippen molar-refractivity contribution in [2.75, 3.05) is 0 Å². The normalized spacial score (nSPS) is 11.1. The molecule has 0 fully saturated rings. The summed E-state index contributed by atoms with van der Waals surface area (Å²) in [6.45, 7) is 16.7. The molecule has 8 aromatic rings. The Morgan fingerprint density at radius 3 is 1.74 bits per heavy atom. The summed E-state index contributed by atoms with van der Waals surface area (Å²) in [5.41, 5.74) is 6.01. The molecule has 0 unspecified atom stereocenters. The third kappa shape index (κ3) is 4.80. The Labute approximate surface area is 292 Å². The first-order valence-corrected chi connectivity index (χ1v) is 18.3. The van der Waals surface area contributed by atoms with Crippen LogP contribution in [0.4, 0.5) is 11.4 Å². The highest BCUT2D eigenvalue weighted by Crippen LogP contribution is 2.38. The van der Waals surface area contributed by atoms with E-state index in [1.54, 1.807) is 0 Å². The molecule has 4 nitrogen and oxygen atoms in total. The maximum absolute atomic E-state index is 9.70. The molecule has 0 aliphatic carbocycles. The highest BCUT2D eigenvalue weighted by Gasteiger charge is 2.43. The van der Waals surface area contributed by atoms with Crippen molar-refractivity contribution in [1.82, 2.24) is 4.57 Å². The van der Waals surface area contributed by atoms with Gasteiger partial charge in [0.2, 0.25) is 0 Å². The first-order chi connectivity index (χ1) is 24.7. The summed E-state index contributed by atoms with van der Waals surface area (Å²) in [6, 6.07) is 60.2. The first-order valence-electron chi connectivity index (χ1n) is 16.3. The van der Waals surface area contributed by atoms with Crippen molar-refractivity contribution in [1.29, 1.82) is 5.26 Å². The number of para-hydroxylation sites is 1. The second-order valence-corrected chi connectivity index (χ2v) is 16.0. The van der Waals surface area contributed by atoms with Crippen LogP contribution in [0, 0.1) is 24.5 Å². The minimum atomic E-state index is -3.04. The predicted molar refractivity (Wildman–Crippen MR) is 207 cm³/mol. The van der Waals surface area contributed by atoms with Crippen LogP contribution < -0.4 is 20.7 Å². The van der Waals surface area contributed by atoms with Crippen LogP contribution in [0.15, 0.2) is 170 Å². The fourth-order valence-electron chi connectivity index (χ4n) is 7.53. The summed E-state index contributed by atoms with van der Waals surface area (Å²) in [7, 11) is -3.04. The average Bonchev–Trinajstić information content (AvgIpc) is 3.53. The van der Waals surface area contributed by atoms with E-state index < -0.39 is 8.07 Å². The lowest BCUT2D eigenvalue weighted by Crippen LogP contribution is -2.75. The lowest BCUT2D eigenvalue weighted by molar-refractivity contribution is 1.18. The summed E-state index contributed by atoms with van der Waals surface area (Å²) in [5.74, 6) is 0. The molecule has 1 aromatic heterocycles. The van der Waals surface area contributed by atoms with Crippen LogP contribution in [0.2, 0.25) is 0 Å². The van der Waals surface area contributed by atoms with Gasteiger partial charge in [0.15, 0.2) is 19.4 Å². The van der Waals surface area contributed by atoms with Crippen molar-refractivity contribution in [2.45, 2.75) is 0 Å². The zero-order chi connectivity index (χ0) is 34.1. The zero-order valence-electron chi connectivity index (χ0n) is 27.0. The molecule has 0 aliphatic heterocycles. The summed E-state index contributed by atoms with van der Waals surface area (Å²) in [4.78, 5) is 8.09. The quantitative estimate of drug-likeness (QED) is 0.101. The second kappa shape index (κ2) is 12.6. The van der Waals surface area contributed by atoms with Gasteiger partial charge in [-0.2, -0.15) is 5.26 Å². The molecule has 0 saturated carbocycles. The zero-order valence-corrected chi connectivity index (χ0v) is 28.0. The van der Waals surface area contributed by atoms with Crippen LogP contribution in [-0.4, -0.2) is 12.6 Å². The largest absolute Gasteiger partial charge is 0.310 e. The van der Waals surface area contributed by atoms with Gasteiger partial charge in [-0.25, -0.2) is 9.69 Å². The van der Waals surface area contributed by atoms with E-state index in [4.69, 9.17) is 13.1 Å². The van der Waals surface area contributed by atoms with E-state index in [0.29, 0.717) is 16.9 Å². The van der Waals surface area contributed by atoms with Gasteiger partial charge < -0.3 is 4.57 Å². The van der Waals surface area contributed by atoms with E-state index in [2.05, 4.69) is 117 Å². The van der Waals surface area contributed by atoms with E-state index in [-0.39, 0.29) is 0 Å². The molecule has 0 amide bonds. The maximum atomic E-state index is 9.70. The molecule has 7 aromatic carbocycles. The number of aromatic nitrogens is 1. The van der Waals surface area contributed by atoms with Gasteiger partial charge in [-0.15, -0.1) is 0 Å². The van der Waals surface area contributed by atoms with Crippen LogP contribution in [0.5, 0.6) is 0 Å². The number of fused-ring (bicyclic) bond motifs is 3. The van der Waals surface area contributed by atoms with Gasteiger partial charge in [-0.3, -0.25) is 0 Å². The Morgan fingerprint density at radius 1 is 0.540 bits per heavy atom. The Balaban J connectivity index is 1.50. The first kappa shape index (κ1) is 30.4. The summed E-state index contributed by atoms with van der Waals surface area (Å²) < 4.78 is 2.17. The van der Waals surface area contributed by atoms with Crippen LogP contribution in [-0.2, 0) is 0 Å². The topological polar surface area (TPSA) is 37.4 Å². The maximum Gasteiger partial charge on any atom is 0.194 e. The fraction of sp³-hybridized carbons (Fsp3) is 0. The molecule has 0 aliphatic rings. The number of rotatable bonds is 6. The van der Waals surface area contributed by atoms with E-state index >= 15 is 0 Å².